The second kappa shape index (κ2) is 6.01. The first-order chi connectivity index (χ1) is 8.31. The van der Waals surface area contributed by atoms with Gasteiger partial charge in [0.1, 0.15) is 5.75 Å². The molecule has 100 valence electrons. The Kier molecular flexibility index (Phi) is 4.92. The molecule has 0 aliphatic rings. The van der Waals surface area contributed by atoms with E-state index in [1.54, 1.807) is 13.0 Å². The second-order valence-electron chi connectivity index (χ2n) is 3.60. The summed E-state index contributed by atoms with van der Waals surface area (Å²) in [6.07, 6.45) is 0.230. The van der Waals surface area contributed by atoms with Gasteiger partial charge in [-0.05, 0) is 19.4 Å². The van der Waals surface area contributed by atoms with Crippen molar-refractivity contribution in [3.8, 4) is 5.75 Å². The van der Waals surface area contributed by atoms with Gasteiger partial charge >= 0.3 is 0 Å². The fourth-order valence-electron chi connectivity index (χ4n) is 1.37. The maximum atomic E-state index is 10.7. The molecule has 8 heteroatoms. The Bertz CT molecular complexity index is 543. The van der Waals surface area contributed by atoms with Gasteiger partial charge in [0.15, 0.2) is 0 Å². The average Bonchev–Trinajstić information content (AvgIpc) is 2.24. The third kappa shape index (κ3) is 4.50. The molecule has 0 fully saturated rings. The summed E-state index contributed by atoms with van der Waals surface area (Å²) < 4.78 is 26.6. The number of ether oxygens (including phenoxy) is 1. The van der Waals surface area contributed by atoms with E-state index in [-0.39, 0.29) is 24.5 Å². The predicted molar refractivity (Wildman–Crippen MR) is 67.6 cm³/mol. The van der Waals surface area contributed by atoms with Crippen LogP contribution in [0.5, 0.6) is 5.75 Å². The summed E-state index contributed by atoms with van der Waals surface area (Å²) in [7, 11) is 1.51. The Morgan fingerprint density at radius 2 is 2.11 bits per heavy atom. The van der Waals surface area contributed by atoms with Crippen LogP contribution in [-0.4, -0.2) is 25.7 Å². The zero-order valence-corrected chi connectivity index (χ0v) is 11.2. The zero-order valence-electron chi connectivity index (χ0n) is 9.63. The predicted octanol–water partition coefficient (Wildman–Crippen LogP) is 2.24. The van der Waals surface area contributed by atoms with Crippen molar-refractivity contribution in [2.75, 3.05) is 12.4 Å². The number of rotatable bonds is 6. The molecule has 0 aliphatic carbocycles. The Morgan fingerprint density at radius 1 is 1.44 bits per heavy atom. The first-order valence-corrected chi connectivity index (χ1v) is 7.58. The maximum absolute atomic E-state index is 10.7. The smallest absolute Gasteiger partial charge is 0.276 e. The summed E-state index contributed by atoms with van der Waals surface area (Å²) in [5.74, 6) is 0.180. The highest BCUT2D eigenvalue weighted by atomic mass is 35.7. The van der Waals surface area contributed by atoms with E-state index in [0.717, 1.165) is 0 Å². The number of nitrogens with zero attached hydrogens (tertiary/aromatic N) is 1. The van der Waals surface area contributed by atoms with Crippen LogP contribution in [0.4, 0.5) is 5.69 Å². The van der Waals surface area contributed by atoms with E-state index in [2.05, 4.69) is 0 Å². The molecule has 0 amide bonds. The van der Waals surface area contributed by atoms with Gasteiger partial charge < -0.3 is 4.74 Å². The number of nitro groups is 1. The molecule has 18 heavy (non-hydrogen) atoms. The second-order valence-corrected chi connectivity index (χ2v) is 6.50. The van der Waals surface area contributed by atoms with Crippen molar-refractivity contribution in [2.24, 2.45) is 0 Å². The van der Waals surface area contributed by atoms with Crippen LogP contribution in [0.3, 0.4) is 0 Å². The molecule has 1 aromatic carbocycles. The van der Waals surface area contributed by atoms with Gasteiger partial charge in [-0.3, -0.25) is 10.1 Å². The monoisotopic (exact) mass is 293 g/mol. The lowest BCUT2D eigenvalue weighted by atomic mass is 10.2. The standard InChI is InChI=1S/C10H12ClNO5S/c1-8-9(12(13)14)4-2-5-10(8)17-6-3-7-18(11,15)16/h2,4-5H,3,6-7H2,1H3. The molecule has 0 bridgehead atoms. The molecule has 0 heterocycles. The molecule has 0 spiro atoms. The average molecular weight is 294 g/mol. The van der Waals surface area contributed by atoms with Crippen molar-refractivity contribution in [2.45, 2.75) is 13.3 Å². The molecule has 1 aromatic rings. The van der Waals surface area contributed by atoms with Crippen LogP contribution in [0.15, 0.2) is 18.2 Å². The minimum absolute atomic E-state index is 0.0301. The van der Waals surface area contributed by atoms with Gasteiger partial charge in [-0.15, -0.1) is 0 Å². The minimum Gasteiger partial charge on any atom is -0.493 e. The maximum Gasteiger partial charge on any atom is 0.276 e. The number of benzene rings is 1. The van der Waals surface area contributed by atoms with Crippen LogP contribution >= 0.6 is 10.7 Å². The lowest BCUT2D eigenvalue weighted by Crippen LogP contribution is -2.06. The molecular weight excluding hydrogens is 282 g/mol. The molecule has 1 rings (SSSR count). The zero-order chi connectivity index (χ0) is 13.8. The quantitative estimate of drug-likeness (QED) is 0.347. The van der Waals surface area contributed by atoms with Crippen LogP contribution in [0, 0.1) is 17.0 Å². The Morgan fingerprint density at radius 3 is 2.67 bits per heavy atom. The van der Waals surface area contributed by atoms with Crippen LogP contribution < -0.4 is 4.74 Å². The normalized spacial score (nSPS) is 11.2. The molecule has 0 aromatic heterocycles. The fourth-order valence-corrected chi connectivity index (χ4v) is 2.16. The number of hydrogen-bond acceptors (Lipinski definition) is 5. The summed E-state index contributed by atoms with van der Waals surface area (Å²) in [4.78, 5) is 10.2. The number of hydrogen-bond donors (Lipinski definition) is 0. The van der Waals surface area contributed by atoms with E-state index >= 15 is 0 Å². The van der Waals surface area contributed by atoms with E-state index in [1.165, 1.54) is 12.1 Å². The number of nitro benzene ring substituents is 1. The molecule has 0 N–H and O–H groups in total. The fraction of sp³-hybridized carbons (Fsp3) is 0.400. The van der Waals surface area contributed by atoms with Gasteiger partial charge in [0.05, 0.1) is 22.8 Å². The third-order valence-corrected chi connectivity index (χ3v) is 3.48. The molecule has 6 nitrogen and oxygen atoms in total. The van der Waals surface area contributed by atoms with Crippen LogP contribution in [0.25, 0.3) is 0 Å². The SMILES string of the molecule is Cc1c(OCCCS(=O)(=O)Cl)cccc1[N+](=O)[O-]. The highest BCUT2D eigenvalue weighted by Crippen LogP contribution is 2.26. The van der Waals surface area contributed by atoms with E-state index in [9.17, 15) is 18.5 Å². The van der Waals surface area contributed by atoms with Crippen molar-refractivity contribution in [3.05, 3.63) is 33.9 Å². The van der Waals surface area contributed by atoms with Gasteiger partial charge in [0, 0.05) is 16.7 Å². The lowest BCUT2D eigenvalue weighted by Gasteiger charge is -2.08. The highest BCUT2D eigenvalue weighted by Gasteiger charge is 2.14. The summed E-state index contributed by atoms with van der Waals surface area (Å²) in [6, 6.07) is 4.49. The lowest BCUT2D eigenvalue weighted by molar-refractivity contribution is -0.385. The van der Waals surface area contributed by atoms with Crippen LogP contribution in [0.1, 0.15) is 12.0 Å². The minimum atomic E-state index is -3.53. The summed E-state index contributed by atoms with van der Waals surface area (Å²) in [5.41, 5.74) is 0.383. The van der Waals surface area contributed by atoms with Gasteiger partial charge in [-0.1, -0.05) is 6.07 Å². The van der Waals surface area contributed by atoms with Crippen LogP contribution in [0.2, 0.25) is 0 Å². The van der Waals surface area contributed by atoms with Gasteiger partial charge in [0.2, 0.25) is 9.05 Å². The number of halogens is 1. The van der Waals surface area contributed by atoms with Gasteiger partial charge in [0.25, 0.3) is 5.69 Å². The van der Waals surface area contributed by atoms with Crippen molar-refractivity contribution in [1.29, 1.82) is 0 Å². The van der Waals surface area contributed by atoms with Crippen molar-refractivity contribution < 1.29 is 18.1 Å². The molecular formula is C10H12ClNO5S. The summed E-state index contributed by atoms with van der Waals surface area (Å²) in [5, 5.41) is 10.7. The molecule has 0 atom stereocenters. The Hall–Kier alpha value is -1.34. The summed E-state index contributed by atoms with van der Waals surface area (Å²) >= 11 is 0. The largest absolute Gasteiger partial charge is 0.493 e. The molecule has 0 saturated carbocycles. The van der Waals surface area contributed by atoms with E-state index in [0.29, 0.717) is 11.3 Å². The van der Waals surface area contributed by atoms with Gasteiger partial charge in [-0.2, -0.15) is 0 Å². The highest BCUT2D eigenvalue weighted by molar-refractivity contribution is 8.13. The van der Waals surface area contributed by atoms with E-state index < -0.39 is 14.0 Å². The molecule has 0 unspecified atom stereocenters. The topological polar surface area (TPSA) is 86.5 Å². The van der Waals surface area contributed by atoms with Crippen molar-refractivity contribution in [1.82, 2.24) is 0 Å². The molecule has 0 saturated heterocycles. The van der Waals surface area contributed by atoms with Crippen molar-refractivity contribution in [3.63, 3.8) is 0 Å². The van der Waals surface area contributed by atoms with E-state index in [4.69, 9.17) is 15.4 Å². The molecule has 0 radical (unpaired) electrons. The first-order valence-electron chi connectivity index (χ1n) is 5.10. The summed E-state index contributed by atoms with van der Waals surface area (Å²) in [6.45, 7) is 1.71. The van der Waals surface area contributed by atoms with Crippen molar-refractivity contribution >= 4 is 25.4 Å². The van der Waals surface area contributed by atoms with Gasteiger partial charge in [-0.25, -0.2) is 8.42 Å². The Labute approximate surface area is 109 Å². The first kappa shape index (κ1) is 14.7. The van der Waals surface area contributed by atoms with Crippen LogP contribution in [-0.2, 0) is 9.05 Å². The Balaban J connectivity index is 2.63. The third-order valence-electron chi connectivity index (χ3n) is 2.24. The molecule has 0 aliphatic heterocycles. The van der Waals surface area contributed by atoms with E-state index in [1.807, 2.05) is 0 Å².